The van der Waals surface area contributed by atoms with Crippen LogP contribution < -0.4 is 5.56 Å². The number of aromatic nitrogens is 2. The molecular formula is C15H16F3N3O3. The van der Waals surface area contributed by atoms with E-state index in [0.717, 1.165) is 5.56 Å². The van der Waals surface area contributed by atoms with Gasteiger partial charge >= 0.3 is 6.36 Å². The molecule has 0 saturated carbocycles. The smallest absolute Gasteiger partial charge is 0.360 e. The summed E-state index contributed by atoms with van der Waals surface area (Å²) in [6.07, 6.45) is -2.62. The van der Waals surface area contributed by atoms with E-state index in [0.29, 0.717) is 5.52 Å². The second-order valence-corrected chi connectivity index (χ2v) is 5.91. The molecule has 9 heteroatoms. The van der Waals surface area contributed by atoms with Crippen LogP contribution in [-0.4, -0.2) is 45.9 Å². The first kappa shape index (κ1) is 16.6. The number of aromatic amines is 1. The van der Waals surface area contributed by atoms with Crippen molar-refractivity contribution < 1.29 is 22.7 Å². The Morgan fingerprint density at radius 1 is 1.42 bits per heavy atom. The normalized spacial score (nSPS) is 18.5. The van der Waals surface area contributed by atoms with Crippen molar-refractivity contribution in [3.63, 3.8) is 0 Å². The van der Waals surface area contributed by atoms with Gasteiger partial charge in [0, 0.05) is 32.5 Å². The lowest BCUT2D eigenvalue weighted by atomic mass is 10.1. The summed E-state index contributed by atoms with van der Waals surface area (Å²) in [5, 5.41) is 0.252. The molecule has 1 saturated heterocycles. The van der Waals surface area contributed by atoms with E-state index in [1.54, 1.807) is 20.2 Å². The Morgan fingerprint density at radius 2 is 2.12 bits per heavy atom. The van der Waals surface area contributed by atoms with Gasteiger partial charge in [-0.05, 0) is 18.9 Å². The minimum Gasteiger partial charge on any atom is -0.360 e. The van der Waals surface area contributed by atoms with Crippen molar-refractivity contribution in [2.45, 2.75) is 25.8 Å². The third kappa shape index (κ3) is 2.91. The Labute approximate surface area is 134 Å². The SMILES string of the molecule is Cc1cn(C)c(=O)c2c(C(=O)N3CCC(OC(F)(F)F)C3)c[nH]c12. The number of likely N-dealkylation sites (tertiary alicyclic amines) is 1. The molecule has 0 aromatic carbocycles. The monoisotopic (exact) mass is 343 g/mol. The lowest BCUT2D eigenvalue weighted by Crippen LogP contribution is -2.32. The van der Waals surface area contributed by atoms with Gasteiger partial charge in [0.2, 0.25) is 0 Å². The molecule has 1 amide bonds. The van der Waals surface area contributed by atoms with Gasteiger partial charge in [0.05, 0.1) is 22.6 Å². The molecule has 1 aliphatic heterocycles. The van der Waals surface area contributed by atoms with Gasteiger partial charge in [-0.15, -0.1) is 13.2 Å². The summed E-state index contributed by atoms with van der Waals surface area (Å²) in [6, 6.07) is 0. The average Bonchev–Trinajstić information content (AvgIpc) is 3.09. The lowest BCUT2D eigenvalue weighted by Gasteiger charge is -2.17. The molecule has 3 rings (SSSR count). The molecule has 1 aliphatic rings. The van der Waals surface area contributed by atoms with Gasteiger partial charge in [0.25, 0.3) is 11.5 Å². The second kappa shape index (κ2) is 5.66. The fourth-order valence-corrected chi connectivity index (χ4v) is 3.08. The molecule has 0 radical (unpaired) electrons. The second-order valence-electron chi connectivity index (χ2n) is 5.91. The number of pyridine rings is 1. The highest BCUT2D eigenvalue weighted by atomic mass is 19.4. The third-order valence-electron chi connectivity index (χ3n) is 4.16. The predicted molar refractivity (Wildman–Crippen MR) is 79.7 cm³/mol. The summed E-state index contributed by atoms with van der Waals surface area (Å²) in [5.41, 5.74) is 1.19. The number of nitrogens with one attached hydrogen (secondary N) is 1. The van der Waals surface area contributed by atoms with Crippen molar-refractivity contribution in [3.8, 4) is 0 Å². The number of halogens is 3. The molecule has 1 unspecified atom stereocenters. The lowest BCUT2D eigenvalue weighted by molar-refractivity contribution is -0.340. The summed E-state index contributed by atoms with van der Waals surface area (Å²) < 4.78 is 42.2. The molecule has 1 atom stereocenters. The van der Waals surface area contributed by atoms with Crippen LogP contribution in [0.15, 0.2) is 17.2 Å². The van der Waals surface area contributed by atoms with Gasteiger partial charge in [0.1, 0.15) is 0 Å². The van der Waals surface area contributed by atoms with E-state index in [-0.39, 0.29) is 36.0 Å². The van der Waals surface area contributed by atoms with Crippen molar-refractivity contribution in [1.82, 2.24) is 14.5 Å². The van der Waals surface area contributed by atoms with Gasteiger partial charge in [-0.3, -0.25) is 14.3 Å². The largest absolute Gasteiger partial charge is 0.522 e. The van der Waals surface area contributed by atoms with E-state index >= 15 is 0 Å². The minimum atomic E-state index is -4.72. The van der Waals surface area contributed by atoms with Crippen LogP contribution in [0.4, 0.5) is 13.2 Å². The van der Waals surface area contributed by atoms with Gasteiger partial charge in [-0.2, -0.15) is 0 Å². The van der Waals surface area contributed by atoms with Gasteiger partial charge in [-0.25, -0.2) is 0 Å². The topological polar surface area (TPSA) is 67.3 Å². The number of nitrogens with zero attached hydrogens (tertiary/aromatic N) is 2. The van der Waals surface area contributed by atoms with E-state index in [9.17, 15) is 22.8 Å². The molecular weight excluding hydrogens is 327 g/mol. The highest BCUT2D eigenvalue weighted by molar-refractivity contribution is 6.07. The summed E-state index contributed by atoms with van der Waals surface area (Å²) in [7, 11) is 1.58. The predicted octanol–water partition coefficient (Wildman–Crippen LogP) is 1.93. The van der Waals surface area contributed by atoms with Gasteiger partial charge < -0.3 is 14.5 Å². The average molecular weight is 343 g/mol. The maximum absolute atomic E-state index is 12.6. The number of rotatable bonds is 2. The summed E-state index contributed by atoms with van der Waals surface area (Å²) >= 11 is 0. The van der Waals surface area contributed by atoms with Crippen LogP contribution in [0.5, 0.6) is 0 Å². The first-order valence-electron chi connectivity index (χ1n) is 7.38. The molecule has 6 nitrogen and oxygen atoms in total. The highest BCUT2D eigenvalue weighted by Crippen LogP contribution is 2.26. The number of ether oxygens (including phenoxy) is 1. The molecule has 1 fully saturated rings. The first-order chi connectivity index (χ1) is 11.2. The van der Waals surface area contributed by atoms with Crippen molar-refractivity contribution >= 4 is 16.8 Å². The van der Waals surface area contributed by atoms with Crippen LogP contribution >= 0.6 is 0 Å². The molecule has 0 bridgehead atoms. The highest BCUT2D eigenvalue weighted by Gasteiger charge is 2.38. The number of alkyl halides is 3. The Balaban J connectivity index is 1.89. The number of carbonyl (C=O) groups excluding carboxylic acids is 1. The van der Waals surface area contributed by atoms with E-state index < -0.39 is 18.4 Å². The van der Waals surface area contributed by atoms with Crippen molar-refractivity contribution in [1.29, 1.82) is 0 Å². The maximum atomic E-state index is 12.6. The molecule has 0 aliphatic carbocycles. The Kier molecular flexibility index (Phi) is 3.90. The van der Waals surface area contributed by atoms with Crippen LogP contribution in [0.25, 0.3) is 10.9 Å². The number of hydrogen-bond acceptors (Lipinski definition) is 3. The van der Waals surface area contributed by atoms with Crippen LogP contribution in [0.2, 0.25) is 0 Å². The number of aryl methyl sites for hydroxylation is 2. The standard InChI is InChI=1S/C15H16F3N3O3/c1-8-6-20(2)14(23)11-10(5-19-12(8)11)13(22)21-4-3-9(7-21)24-15(16,17)18/h5-6,9,19H,3-4,7H2,1-2H3. The zero-order valence-corrected chi connectivity index (χ0v) is 13.1. The third-order valence-corrected chi connectivity index (χ3v) is 4.16. The zero-order chi connectivity index (χ0) is 17.6. The summed E-state index contributed by atoms with van der Waals surface area (Å²) in [5.74, 6) is -0.475. The van der Waals surface area contributed by atoms with Crippen LogP contribution in [-0.2, 0) is 11.8 Å². The van der Waals surface area contributed by atoms with E-state index in [1.165, 1.54) is 15.7 Å². The van der Waals surface area contributed by atoms with Crippen LogP contribution in [0.3, 0.4) is 0 Å². The van der Waals surface area contributed by atoms with Gasteiger partial charge in [0.15, 0.2) is 0 Å². The molecule has 3 heterocycles. The quantitative estimate of drug-likeness (QED) is 0.906. The van der Waals surface area contributed by atoms with Crippen LogP contribution in [0.1, 0.15) is 22.3 Å². The molecule has 24 heavy (non-hydrogen) atoms. The molecule has 2 aromatic heterocycles. The fourth-order valence-electron chi connectivity index (χ4n) is 3.08. The Morgan fingerprint density at radius 3 is 2.79 bits per heavy atom. The van der Waals surface area contributed by atoms with Gasteiger partial charge in [-0.1, -0.05) is 0 Å². The van der Waals surface area contributed by atoms with Crippen molar-refractivity contribution in [3.05, 3.63) is 33.9 Å². The van der Waals surface area contributed by atoms with E-state index in [1.807, 2.05) is 0 Å². The number of amides is 1. The molecule has 130 valence electrons. The maximum Gasteiger partial charge on any atom is 0.522 e. The number of hydrogen-bond donors (Lipinski definition) is 1. The molecule has 2 aromatic rings. The fraction of sp³-hybridized carbons (Fsp3) is 0.467. The summed E-state index contributed by atoms with van der Waals surface area (Å²) in [4.78, 5) is 29.1. The number of H-pyrrole nitrogens is 1. The minimum absolute atomic E-state index is 0.102. The first-order valence-corrected chi connectivity index (χ1v) is 7.38. The zero-order valence-electron chi connectivity index (χ0n) is 13.1. The Bertz CT molecular complexity index is 853. The molecule has 1 N–H and O–H groups in total. The van der Waals surface area contributed by atoms with E-state index in [2.05, 4.69) is 9.72 Å². The summed E-state index contributed by atoms with van der Waals surface area (Å²) in [6.45, 7) is 1.80. The number of carbonyl (C=O) groups is 1. The van der Waals surface area contributed by atoms with Crippen molar-refractivity contribution in [2.75, 3.05) is 13.1 Å². The number of fused-ring (bicyclic) bond motifs is 1. The van der Waals surface area contributed by atoms with Crippen LogP contribution in [0, 0.1) is 6.92 Å². The Hall–Kier alpha value is -2.29. The molecule has 0 spiro atoms. The van der Waals surface area contributed by atoms with Crippen molar-refractivity contribution in [2.24, 2.45) is 7.05 Å². The van der Waals surface area contributed by atoms with E-state index in [4.69, 9.17) is 0 Å².